The first-order chi connectivity index (χ1) is 9.32. The quantitative estimate of drug-likeness (QED) is 0.809. The van der Waals surface area contributed by atoms with Crippen LogP contribution in [0.25, 0.3) is 0 Å². The molecular weight excluding hydrogens is 304 g/mol. The molecule has 2 heterocycles. The van der Waals surface area contributed by atoms with Crippen LogP contribution in [0.2, 0.25) is 0 Å². The van der Waals surface area contributed by atoms with Crippen molar-refractivity contribution in [3.05, 3.63) is 17.0 Å². The molecule has 0 aromatic carbocycles. The molecule has 1 fully saturated rings. The number of thiophene rings is 1. The molecule has 1 saturated heterocycles. The molecule has 0 spiro atoms. The number of carbonyl (C=O) groups excluding carboxylic acids is 2. The number of methoxy groups -OCH3 is 1. The van der Waals surface area contributed by atoms with Crippen LogP contribution >= 0.6 is 11.3 Å². The Kier molecular flexibility index (Phi) is 4.11. The zero-order valence-corrected chi connectivity index (χ0v) is 12.6. The number of amides is 1. The fourth-order valence-corrected chi connectivity index (χ4v) is 3.45. The van der Waals surface area contributed by atoms with Gasteiger partial charge in [0.2, 0.25) is 15.9 Å². The lowest BCUT2D eigenvalue weighted by Crippen LogP contribution is -2.53. The van der Waals surface area contributed by atoms with Crippen LogP contribution in [0.15, 0.2) is 11.4 Å². The summed E-state index contributed by atoms with van der Waals surface area (Å²) < 4.78 is 28.3. The minimum Gasteiger partial charge on any atom is -0.465 e. The molecule has 1 amide bonds. The van der Waals surface area contributed by atoms with E-state index in [4.69, 9.17) is 0 Å². The van der Waals surface area contributed by atoms with Crippen LogP contribution < -0.4 is 5.32 Å². The lowest BCUT2D eigenvalue weighted by atomic mass is 10.0. The summed E-state index contributed by atoms with van der Waals surface area (Å²) in [6.45, 7) is 0.340. The maximum Gasteiger partial charge on any atom is 0.340 e. The SMILES string of the molecule is COC(=O)c1ccsc1NC(=O)C1CN(S(C)(=O)=O)C1. The second-order valence-corrected chi connectivity index (χ2v) is 7.32. The average Bonchev–Trinajstić information content (AvgIpc) is 2.72. The van der Waals surface area contributed by atoms with Crippen molar-refractivity contribution < 1.29 is 22.7 Å². The molecular formula is C11H14N2O5S2. The molecule has 1 aromatic heterocycles. The zero-order valence-electron chi connectivity index (χ0n) is 11.0. The summed E-state index contributed by atoms with van der Waals surface area (Å²) in [5.41, 5.74) is 0.296. The number of anilines is 1. The number of hydrogen-bond acceptors (Lipinski definition) is 6. The molecule has 0 bridgehead atoms. The molecule has 2 rings (SSSR count). The monoisotopic (exact) mass is 318 g/mol. The van der Waals surface area contributed by atoms with Gasteiger partial charge in [0.05, 0.1) is 24.8 Å². The van der Waals surface area contributed by atoms with Crippen molar-refractivity contribution in [2.24, 2.45) is 5.92 Å². The van der Waals surface area contributed by atoms with Crippen molar-refractivity contribution >= 4 is 38.2 Å². The molecule has 20 heavy (non-hydrogen) atoms. The second-order valence-electron chi connectivity index (χ2n) is 4.42. The number of sulfonamides is 1. The number of carbonyl (C=O) groups is 2. The smallest absolute Gasteiger partial charge is 0.340 e. The maximum atomic E-state index is 12.0. The van der Waals surface area contributed by atoms with Crippen molar-refractivity contribution in [3.63, 3.8) is 0 Å². The molecule has 7 nitrogen and oxygen atoms in total. The number of nitrogens with one attached hydrogen (secondary N) is 1. The van der Waals surface area contributed by atoms with Crippen LogP contribution in [-0.4, -0.2) is 51.1 Å². The Hall–Kier alpha value is -1.45. The van der Waals surface area contributed by atoms with E-state index in [9.17, 15) is 18.0 Å². The second kappa shape index (κ2) is 5.51. The van der Waals surface area contributed by atoms with Gasteiger partial charge >= 0.3 is 5.97 Å². The molecule has 0 unspecified atom stereocenters. The molecule has 1 aromatic rings. The molecule has 1 aliphatic rings. The summed E-state index contributed by atoms with van der Waals surface area (Å²) in [5, 5.41) is 4.73. The van der Waals surface area contributed by atoms with E-state index in [1.807, 2.05) is 0 Å². The van der Waals surface area contributed by atoms with Crippen LogP contribution in [0.1, 0.15) is 10.4 Å². The van der Waals surface area contributed by atoms with E-state index in [0.29, 0.717) is 10.6 Å². The van der Waals surface area contributed by atoms with Gasteiger partial charge in [-0.1, -0.05) is 0 Å². The summed E-state index contributed by atoms with van der Waals surface area (Å²) in [6.07, 6.45) is 1.11. The fraction of sp³-hybridized carbons (Fsp3) is 0.455. The number of rotatable bonds is 4. The first kappa shape index (κ1) is 14.9. The number of esters is 1. The normalized spacial score (nSPS) is 16.5. The Morgan fingerprint density at radius 1 is 1.45 bits per heavy atom. The summed E-state index contributed by atoms with van der Waals surface area (Å²) in [5.74, 6) is -1.21. The van der Waals surface area contributed by atoms with Gasteiger partial charge in [0.1, 0.15) is 5.00 Å². The van der Waals surface area contributed by atoms with Gasteiger partial charge in [-0.15, -0.1) is 11.3 Å². The van der Waals surface area contributed by atoms with Gasteiger partial charge in [-0.05, 0) is 11.4 Å². The lowest BCUT2D eigenvalue weighted by molar-refractivity contribution is -0.122. The predicted octanol–water partition coefficient (Wildman–Crippen LogP) is 0.365. The third-order valence-electron chi connectivity index (χ3n) is 3.00. The minimum atomic E-state index is -3.24. The minimum absolute atomic E-state index is 0.170. The highest BCUT2D eigenvalue weighted by Crippen LogP contribution is 2.26. The van der Waals surface area contributed by atoms with Crippen LogP contribution in [0.3, 0.4) is 0 Å². The van der Waals surface area contributed by atoms with Crippen LogP contribution in [0.4, 0.5) is 5.00 Å². The van der Waals surface area contributed by atoms with E-state index in [1.54, 1.807) is 11.4 Å². The number of ether oxygens (including phenoxy) is 1. The zero-order chi connectivity index (χ0) is 14.9. The Labute approximate surface area is 120 Å². The van der Waals surface area contributed by atoms with Crippen molar-refractivity contribution in [2.75, 3.05) is 31.8 Å². The maximum absolute atomic E-state index is 12.0. The van der Waals surface area contributed by atoms with Gasteiger partial charge in [0.15, 0.2) is 0 Å². The highest BCUT2D eigenvalue weighted by atomic mass is 32.2. The predicted molar refractivity (Wildman–Crippen MR) is 74.2 cm³/mol. The summed E-state index contributed by atoms with van der Waals surface area (Å²) in [6, 6.07) is 1.57. The molecule has 1 N–H and O–H groups in total. The highest BCUT2D eigenvalue weighted by Gasteiger charge is 2.38. The van der Waals surface area contributed by atoms with Gasteiger partial charge in [-0.3, -0.25) is 4.79 Å². The summed E-state index contributed by atoms with van der Waals surface area (Å²) in [7, 11) is -1.97. The summed E-state index contributed by atoms with van der Waals surface area (Å²) in [4.78, 5) is 23.4. The van der Waals surface area contributed by atoms with Crippen LogP contribution in [0.5, 0.6) is 0 Å². The van der Waals surface area contributed by atoms with Gasteiger partial charge in [0.25, 0.3) is 0 Å². The average molecular weight is 318 g/mol. The van der Waals surface area contributed by atoms with E-state index < -0.39 is 21.9 Å². The molecule has 9 heteroatoms. The van der Waals surface area contributed by atoms with E-state index in [0.717, 1.165) is 6.26 Å². The molecule has 0 radical (unpaired) electrons. The molecule has 0 saturated carbocycles. The molecule has 110 valence electrons. The Balaban J connectivity index is 1.97. The summed E-state index contributed by atoms with van der Waals surface area (Å²) >= 11 is 1.22. The Morgan fingerprint density at radius 2 is 2.10 bits per heavy atom. The third-order valence-corrected chi connectivity index (χ3v) is 5.06. The molecule has 0 atom stereocenters. The molecule has 0 aliphatic carbocycles. The van der Waals surface area contributed by atoms with Crippen molar-refractivity contribution in [1.29, 1.82) is 0 Å². The molecule has 1 aliphatic heterocycles. The van der Waals surface area contributed by atoms with Gasteiger partial charge in [-0.2, -0.15) is 0 Å². The topological polar surface area (TPSA) is 92.8 Å². The largest absolute Gasteiger partial charge is 0.465 e. The van der Waals surface area contributed by atoms with Crippen molar-refractivity contribution in [3.8, 4) is 0 Å². The first-order valence-electron chi connectivity index (χ1n) is 5.74. The number of nitrogens with zero attached hydrogens (tertiary/aromatic N) is 1. The van der Waals surface area contributed by atoms with Crippen molar-refractivity contribution in [2.45, 2.75) is 0 Å². The van der Waals surface area contributed by atoms with Gasteiger partial charge in [0, 0.05) is 13.1 Å². The Bertz CT molecular complexity index is 631. The third kappa shape index (κ3) is 3.00. The van der Waals surface area contributed by atoms with Crippen LogP contribution in [-0.2, 0) is 19.6 Å². The van der Waals surface area contributed by atoms with Gasteiger partial charge < -0.3 is 10.1 Å². The van der Waals surface area contributed by atoms with E-state index >= 15 is 0 Å². The van der Waals surface area contributed by atoms with E-state index in [1.165, 1.54) is 22.8 Å². The van der Waals surface area contributed by atoms with Crippen molar-refractivity contribution in [1.82, 2.24) is 4.31 Å². The Morgan fingerprint density at radius 3 is 2.65 bits per heavy atom. The van der Waals surface area contributed by atoms with E-state index in [-0.39, 0.29) is 19.0 Å². The van der Waals surface area contributed by atoms with E-state index in [2.05, 4.69) is 10.1 Å². The standard InChI is InChI=1S/C11H14N2O5S2/c1-18-11(15)8-3-4-19-10(8)12-9(14)7-5-13(6-7)20(2,16)17/h3-4,7H,5-6H2,1-2H3,(H,12,14). The van der Waals surface area contributed by atoms with Gasteiger partial charge in [-0.25, -0.2) is 17.5 Å². The highest BCUT2D eigenvalue weighted by molar-refractivity contribution is 7.88. The number of hydrogen-bond donors (Lipinski definition) is 1. The van der Waals surface area contributed by atoms with Crippen LogP contribution in [0, 0.1) is 5.92 Å². The fourth-order valence-electron chi connectivity index (χ4n) is 1.77. The lowest BCUT2D eigenvalue weighted by Gasteiger charge is -2.35. The first-order valence-corrected chi connectivity index (χ1v) is 8.47.